The van der Waals surface area contributed by atoms with Gasteiger partial charge in [-0.1, -0.05) is 25.2 Å². The number of methoxy groups -OCH3 is 1. The molecule has 0 aliphatic heterocycles. The van der Waals surface area contributed by atoms with Crippen molar-refractivity contribution in [2.45, 2.75) is 33.7 Å². The normalized spacial score (nSPS) is 12.5. The second kappa shape index (κ2) is 9.34. The number of amides is 2. The summed E-state index contributed by atoms with van der Waals surface area (Å²) < 4.78 is 5.14. The van der Waals surface area contributed by atoms with Crippen molar-refractivity contribution in [1.29, 1.82) is 0 Å². The smallest absolute Gasteiger partial charge is 0.249 e. The highest BCUT2D eigenvalue weighted by atomic mass is 35.5. The minimum absolute atomic E-state index is 0.107. The van der Waals surface area contributed by atoms with E-state index in [2.05, 4.69) is 20.8 Å². The maximum absolute atomic E-state index is 12.7. The Kier molecular flexibility index (Phi) is 7.37. The van der Waals surface area contributed by atoms with Crippen LogP contribution in [0.15, 0.2) is 24.3 Å². The largest absolute Gasteiger partial charge is 0.497 e. The van der Waals surface area contributed by atoms with Gasteiger partial charge in [-0.15, -0.1) is 21.8 Å². The zero-order valence-corrected chi connectivity index (χ0v) is 18.1. The monoisotopic (exact) mass is 424 g/mol. The van der Waals surface area contributed by atoms with Crippen molar-refractivity contribution < 1.29 is 14.3 Å². The van der Waals surface area contributed by atoms with Crippen molar-refractivity contribution in [2.75, 3.05) is 18.3 Å². The summed E-state index contributed by atoms with van der Waals surface area (Å²) in [5.41, 5.74) is 0.107. The number of hydrogen-bond acceptors (Lipinski definition) is 6. The van der Waals surface area contributed by atoms with Crippen molar-refractivity contribution in [3.8, 4) is 16.3 Å². The lowest BCUT2D eigenvalue weighted by Crippen LogP contribution is -2.51. The third kappa shape index (κ3) is 5.42. The number of hydrogen-bond donors (Lipinski definition) is 2. The fourth-order valence-corrected chi connectivity index (χ4v) is 3.11. The molecule has 2 rings (SSSR count). The maximum Gasteiger partial charge on any atom is 0.249 e. The third-order valence-corrected chi connectivity index (χ3v) is 5.73. The first-order valence-corrected chi connectivity index (χ1v) is 10.2. The quantitative estimate of drug-likeness (QED) is 0.632. The molecule has 0 unspecified atom stereocenters. The number of nitrogens with zero attached hydrogens (tertiary/aromatic N) is 2. The van der Waals surface area contributed by atoms with E-state index in [1.165, 1.54) is 11.3 Å². The van der Waals surface area contributed by atoms with Gasteiger partial charge in [-0.3, -0.25) is 14.9 Å². The van der Waals surface area contributed by atoms with Gasteiger partial charge in [-0.2, -0.15) is 0 Å². The van der Waals surface area contributed by atoms with E-state index in [1.807, 2.05) is 38.1 Å². The number of carbonyl (C=O) groups is 2. The molecule has 1 atom stereocenters. The molecule has 0 aliphatic rings. The number of anilines is 1. The Bertz CT molecular complexity index is 821. The summed E-state index contributed by atoms with van der Waals surface area (Å²) in [7, 11) is 1.60. The Morgan fingerprint density at radius 3 is 2.39 bits per heavy atom. The Morgan fingerprint density at radius 2 is 1.86 bits per heavy atom. The Balaban J connectivity index is 2.09. The van der Waals surface area contributed by atoms with Crippen LogP contribution in [0.5, 0.6) is 5.75 Å². The van der Waals surface area contributed by atoms with E-state index >= 15 is 0 Å². The van der Waals surface area contributed by atoms with Crippen LogP contribution in [0.4, 0.5) is 5.13 Å². The minimum Gasteiger partial charge on any atom is -0.497 e. The maximum atomic E-state index is 12.7. The van der Waals surface area contributed by atoms with Gasteiger partial charge in [0.1, 0.15) is 16.8 Å². The summed E-state index contributed by atoms with van der Waals surface area (Å²) in [5.74, 6) is 0.187. The summed E-state index contributed by atoms with van der Waals surface area (Å²) in [6.07, 6.45) is 0. The van der Waals surface area contributed by atoms with Crippen LogP contribution < -0.4 is 15.4 Å². The molecule has 7 nitrogen and oxygen atoms in total. The van der Waals surface area contributed by atoms with E-state index in [4.69, 9.17) is 16.3 Å². The Hall–Kier alpha value is -2.19. The van der Waals surface area contributed by atoms with Crippen LogP contribution >= 0.6 is 22.9 Å². The number of nitrogens with one attached hydrogen (secondary N) is 2. The predicted octanol–water partition coefficient (Wildman–Crippen LogP) is 3.56. The number of alkyl halides is 1. The summed E-state index contributed by atoms with van der Waals surface area (Å²) in [6, 6.07) is 6.70. The van der Waals surface area contributed by atoms with Gasteiger partial charge in [-0.05, 0) is 44.0 Å². The second-order valence-electron chi connectivity index (χ2n) is 7.34. The van der Waals surface area contributed by atoms with Crippen molar-refractivity contribution in [3.63, 3.8) is 0 Å². The first-order valence-electron chi connectivity index (χ1n) is 8.83. The van der Waals surface area contributed by atoms with Crippen molar-refractivity contribution in [3.05, 3.63) is 24.3 Å². The van der Waals surface area contributed by atoms with Gasteiger partial charge in [0.05, 0.1) is 12.5 Å². The van der Waals surface area contributed by atoms with Crippen molar-refractivity contribution in [1.82, 2.24) is 15.5 Å². The van der Waals surface area contributed by atoms with Crippen LogP contribution in [0.2, 0.25) is 0 Å². The lowest BCUT2D eigenvalue weighted by molar-refractivity contribution is -0.132. The average molecular weight is 425 g/mol. The van der Waals surface area contributed by atoms with Gasteiger partial charge in [0.2, 0.25) is 16.9 Å². The molecule has 0 radical (unpaired) electrons. The molecular weight excluding hydrogens is 400 g/mol. The lowest BCUT2D eigenvalue weighted by atomic mass is 9.93. The van der Waals surface area contributed by atoms with E-state index in [-0.39, 0.29) is 23.6 Å². The zero-order chi connectivity index (χ0) is 20.9. The summed E-state index contributed by atoms with van der Waals surface area (Å²) >= 11 is 7.11. The molecule has 1 aromatic carbocycles. The summed E-state index contributed by atoms with van der Waals surface area (Å²) in [4.78, 5) is 25.1. The van der Waals surface area contributed by atoms with E-state index in [9.17, 15) is 9.59 Å². The van der Waals surface area contributed by atoms with Gasteiger partial charge in [0, 0.05) is 11.4 Å². The molecule has 9 heteroatoms. The molecule has 1 heterocycles. The minimum atomic E-state index is -0.765. The van der Waals surface area contributed by atoms with Gasteiger partial charge in [0.15, 0.2) is 0 Å². The van der Waals surface area contributed by atoms with Gasteiger partial charge in [0.25, 0.3) is 0 Å². The van der Waals surface area contributed by atoms with Gasteiger partial charge < -0.3 is 10.1 Å². The topological polar surface area (TPSA) is 93.2 Å². The molecule has 0 aliphatic carbocycles. The van der Waals surface area contributed by atoms with Gasteiger partial charge in [-0.25, -0.2) is 0 Å². The molecule has 2 N–H and O–H groups in total. The number of aromatic nitrogens is 2. The molecule has 0 saturated carbocycles. The van der Waals surface area contributed by atoms with Crippen molar-refractivity contribution >= 4 is 39.9 Å². The van der Waals surface area contributed by atoms with E-state index in [1.54, 1.807) is 21.0 Å². The summed E-state index contributed by atoms with van der Waals surface area (Å²) in [5, 5.41) is 14.7. The summed E-state index contributed by atoms with van der Waals surface area (Å²) in [6.45, 7) is 7.19. The number of ether oxygens (including phenoxy) is 1. The highest BCUT2D eigenvalue weighted by Gasteiger charge is 2.32. The van der Waals surface area contributed by atoms with E-state index in [0.717, 1.165) is 11.3 Å². The average Bonchev–Trinajstić information content (AvgIpc) is 3.13. The molecule has 0 spiro atoms. The second-order valence-corrected chi connectivity index (χ2v) is 8.59. The number of carbonyl (C=O) groups excluding carboxylic acids is 2. The molecule has 2 amide bonds. The standard InChI is InChI=1S/C19H25ClN4O3S/c1-11(2)14(21-17(26)19(3,4)10-20)15(25)22-18-24-23-16(28-18)12-6-8-13(27-5)9-7-12/h6-9,11,14H,10H2,1-5H3,(H,21,26)(H,22,24,25)/t14-/m1/s1. The molecule has 1 aromatic heterocycles. The Labute approximate surface area is 173 Å². The first kappa shape index (κ1) is 22.1. The molecule has 0 bridgehead atoms. The van der Waals surface area contributed by atoms with E-state index in [0.29, 0.717) is 10.1 Å². The van der Waals surface area contributed by atoms with Crippen LogP contribution in [0, 0.1) is 11.3 Å². The predicted molar refractivity (Wildman–Crippen MR) is 112 cm³/mol. The number of benzene rings is 1. The zero-order valence-electron chi connectivity index (χ0n) is 16.6. The SMILES string of the molecule is COc1ccc(-c2nnc(NC(=O)[C@H](NC(=O)C(C)(C)CCl)C(C)C)s2)cc1. The third-order valence-electron chi connectivity index (χ3n) is 4.18. The van der Waals surface area contributed by atoms with E-state index < -0.39 is 11.5 Å². The molecule has 0 saturated heterocycles. The highest BCUT2D eigenvalue weighted by Crippen LogP contribution is 2.28. The highest BCUT2D eigenvalue weighted by molar-refractivity contribution is 7.18. The Morgan fingerprint density at radius 1 is 1.21 bits per heavy atom. The van der Waals surface area contributed by atoms with Gasteiger partial charge >= 0.3 is 0 Å². The van der Waals surface area contributed by atoms with Crippen LogP contribution in [-0.2, 0) is 9.59 Å². The number of halogens is 1. The number of rotatable bonds is 8. The molecule has 152 valence electrons. The van der Waals surface area contributed by atoms with Crippen LogP contribution in [0.25, 0.3) is 10.6 Å². The molecule has 2 aromatic rings. The molecule has 0 fully saturated rings. The van der Waals surface area contributed by atoms with Crippen molar-refractivity contribution in [2.24, 2.45) is 11.3 Å². The fourth-order valence-electron chi connectivity index (χ4n) is 2.24. The van der Waals surface area contributed by atoms with Crippen LogP contribution in [0.3, 0.4) is 0 Å². The fraction of sp³-hybridized carbons (Fsp3) is 0.474. The first-order chi connectivity index (χ1) is 13.2. The molecular formula is C19H25ClN4O3S. The molecule has 28 heavy (non-hydrogen) atoms. The lowest BCUT2D eigenvalue weighted by Gasteiger charge is -2.26. The van der Waals surface area contributed by atoms with Crippen LogP contribution in [-0.4, -0.2) is 41.0 Å². The van der Waals surface area contributed by atoms with Crippen LogP contribution in [0.1, 0.15) is 27.7 Å².